The number of allylic oxidation sites excluding steroid dienone is 2. The van der Waals surface area contributed by atoms with Crippen molar-refractivity contribution in [3.05, 3.63) is 94.5 Å². The van der Waals surface area contributed by atoms with Crippen LogP contribution in [0.1, 0.15) is 31.2 Å². The highest BCUT2D eigenvalue weighted by atomic mass is 79.9. The number of halogens is 1. The van der Waals surface area contributed by atoms with Crippen LogP contribution in [0.5, 0.6) is 11.5 Å². The smallest absolute Gasteiger partial charge is 0.241 e. The first-order chi connectivity index (χ1) is 20.7. The lowest BCUT2D eigenvalue weighted by atomic mass is 9.51. The van der Waals surface area contributed by atoms with Gasteiger partial charge in [-0.2, -0.15) is 0 Å². The van der Waals surface area contributed by atoms with Crippen LogP contribution in [-0.4, -0.2) is 35.8 Å². The second-order valence-corrected chi connectivity index (χ2v) is 12.8. The van der Waals surface area contributed by atoms with Crippen molar-refractivity contribution in [3.8, 4) is 11.5 Å². The van der Waals surface area contributed by atoms with Crippen molar-refractivity contribution in [2.24, 2.45) is 29.1 Å². The highest BCUT2D eigenvalue weighted by molar-refractivity contribution is 9.10. The predicted molar refractivity (Wildman–Crippen MR) is 162 cm³/mol. The van der Waals surface area contributed by atoms with Crippen molar-refractivity contribution in [1.82, 2.24) is 0 Å². The molecule has 6 atom stereocenters. The number of aromatic hydroxyl groups is 1. The second kappa shape index (κ2) is 9.91. The van der Waals surface area contributed by atoms with Crippen LogP contribution in [0.4, 0.5) is 11.4 Å². The van der Waals surface area contributed by atoms with Crippen LogP contribution in [0.3, 0.4) is 0 Å². The van der Waals surface area contributed by atoms with Crippen LogP contribution in [-0.2, 0) is 19.2 Å². The van der Waals surface area contributed by atoms with E-state index in [1.54, 1.807) is 66.7 Å². The third kappa shape index (κ3) is 3.87. The van der Waals surface area contributed by atoms with Gasteiger partial charge in [0.15, 0.2) is 11.5 Å². The molecule has 3 aromatic rings. The molecule has 2 aliphatic heterocycles. The van der Waals surface area contributed by atoms with Gasteiger partial charge in [-0.15, -0.1) is 0 Å². The molecule has 9 heteroatoms. The fourth-order valence-corrected chi connectivity index (χ4v) is 8.21. The molecule has 218 valence electrons. The number of carbonyl (C=O) groups excluding carboxylic acids is 4. The molecule has 2 saturated heterocycles. The molecular weight excluding hydrogens is 612 g/mol. The third-order valence-corrected chi connectivity index (χ3v) is 10.4. The van der Waals surface area contributed by atoms with Gasteiger partial charge in [0.05, 0.1) is 41.7 Å². The lowest BCUT2D eigenvalue weighted by Gasteiger charge is -2.49. The van der Waals surface area contributed by atoms with Crippen LogP contribution in [0.25, 0.3) is 0 Å². The van der Waals surface area contributed by atoms with E-state index in [1.165, 1.54) is 16.9 Å². The van der Waals surface area contributed by atoms with E-state index in [2.05, 4.69) is 15.9 Å². The SMILES string of the molecule is COc1ccc(C2C3=CCC4C(=O)N(c5ccc(Br)cc5)C(=O)C4C3CC3C(=O)N(c4ccccc4)C(=O)C32C)cc1O. The Kier molecular flexibility index (Phi) is 6.36. The molecular formula is C34H29BrN2O6. The topological polar surface area (TPSA) is 104 Å². The van der Waals surface area contributed by atoms with Gasteiger partial charge >= 0.3 is 0 Å². The van der Waals surface area contributed by atoms with E-state index in [0.29, 0.717) is 23.4 Å². The van der Waals surface area contributed by atoms with Crippen molar-refractivity contribution < 1.29 is 29.0 Å². The normalized spacial score (nSPS) is 29.7. The lowest BCUT2D eigenvalue weighted by molar-refractivity contribution is -0.131. The summed E-state index contributed by atoms with van der Waals surface area (Å²) in [5.74, 6) is -3.97. The number of phenols is 1. The Hall–Kier alpha value is -4.24. The zero-order chi connectivity index (χ0) is 30.2. The lowest BCUT2D eigenvalue weighted by Crippen LogP contribution is -2.48. The van der Waals surface area contributed by atoms with Gasteiger partial charge in [0.2, 0.25) is 23.6 Å². The molecule has 1 saturated carbocycles. The molecule has 7 rings (SSSR count). The van der Waals surface area contributed by atoms with E-state index in [9.17, 15) is 24.3 Å². The zero-order valence-electron chi connectivity index (χ0n) is 23.6. The minimum absolute atomic E-state index is 0.0817. The number of fused-ring (bicyclic) bond motifs is 4. The Morgan fingerprint density at radius 3 is 2.23 bits per heavy atom. The molecule has 0 spiro atoms. The number of carbonyl (C=O) groups is 4. The number of imide groups is 2. The van der Waals surface area contributed by atoms with Crippen LogP contribution < -0.4 is 14.5 Å². The van der Waals surface area contributed by atoms with Crippen LogP contribution in [0.2, 0.25) is 0 Å². The molecule has 4 amide bonds. The monoisotopic (exact) mass is 640 g/mol. The summed E-state index contributed by atoms with van der Waals surface area (Å²) in [7, 11) is 1.46. The summed E-state index contributed by atoms with van der Waals surface area (Å²) >= 11 is 3.41. The average Bonchev–Trinajstić information content (AvgIpc) is 3.37. The Balaban J connectivity index is 1.37. The molecule has 6 unspecified atom stereocenters. The van der Waals surface area contributed by atoms with Gasteiger partial charge in [0.1, 0.15) is 0 Å². The minimum Gasteiger partial charge on any atom is -0.504 e. The Labute approximate surface area is 257 Å². The molecule has 1 N–H and O–H groups in total. The Bertz CT molecular complexity index is 1720. The summed E-state index contributed by atoms with van der Waals surface area (Å²) in [5.41, 5.74) is 1.33. The van der Waals surface area contributed by atoms with E-state index in [4.69, 9.17) is 4.74 Å². The van der Waals surface area contributed by atoms with Crippen molar-refractivity contribution in [2.75, 3.05) is 16.9 Å². The zero-order valence-corrected chi connectivity index (χ0v) is 25.2. The summed E-state index contributed by atoms with van der Waals surface area (Å²) in [6, 6.07) is 21.0. The molecule has 2 aliphatic carbocycles. The number of hydrogen-bond donors (Lipinski definition) is 1. The van der Waals surface area contributed by atoms with Gasteiger partial charge in [0, 0.05) is 10.4 Å². The first-order valence-corrected chi connectivity index (χ1v) is 15.1. The number of amides is 4. The van der Waals surface area contributed by atoms with E-state index in [-0.39, 0.29) is 41.5 Å². The first kappa shape index (κ1) is 27.6. The van der Waals surface area contributed by atoms with Gasteiger partial charge in [-0.3, -0.25) is 24.1 Å². The molecule has 4 aliphatic rings. The molecule has 43 heavy (non-hydrogen) atoms. The highest BCUT2D eigenvalue weighted by Crippen LogP contribution is 2.64. The summed E-state index contributed by atoms with van der Waals surface area (Å²) in [5, 5.41) is 10.8. The highest BCUT2D eigenvalue weighted by Gasteiger charge is 2.67. The molecule has 2 heterocycles. The number of nitrogens with zero attached hydrogens (tertiary/aromatic N) is 2. The number of anilines is 2. The maximum atomic E-state index is 14.4. The number of phenolic OH excluding ortho intramolecular Hbond substituents is 1. The fourth-order valence-electron chi connectivity index (χ4n) is 7.95. The van der Waals surface area contributed by atoms with E-state index in [0.717, 1.165) is 10.0 Å². The maximum absolute atomic E-state index is 14.4. The van der Waals surface area contributed by atoms with E-state index in [1.807, 2.05) is 19.1 Å². The van der Waals surface area contributed by atoms with Gasteiger partial charge in [-0.25, -0.2) is 4.90 Å². The molecule has 3 fully saturated rings. The summed E-state index contributed by atoms with van der Waals surface area (Å²) in [6.45, 7) is 1.83. The van der Waals surface area contributed by atoms with Gasteiger partial charge in [0.25, 0.3) is 0 Å². The largest absolute Gasteiger partial charge is 0.504 e. The number of rotatable bonds is 4. The molecule has 0 bridgehead atoms. The average molecular weight is 642 g/mol. The minimum atomic E-state index is -1.18. The molecule has 8 nitrogen and oxygen atoms in total. The number of methoxy groups -OCH3 is 1. The molecule has 3 aromatic carbocycles. The van der Waals surface area contributed by atoms with Gasteiger partial charge in [-0.05, 0) is 79.8 Å². The van der Waals surface area contributed by atoms with Crippen LogP contribution in [0, 0.1) is 29.1 Å². The van der Waals surface area contributed by atoms with Crippen molar-refractivity contribution in [3.63, 3.8) is 0 Å². The third-order valence-electron chi connectivity index (χ3n) is 9.91. The van der Waals surface area contributed by atoms with Gasteiger partial charge in [-0.1, -0.05) is 51.8 Å². The fraction of sp³-hybridized carbons (Fsp3) is 0.294. The van der Waals surface area contributed by atoms with E-state index < -0.39 is 35.0 Å². The van der Waals surface area contributed by atoms with E-state index >= 15 is 0 Å². The molecule has 0 aromatic heterocycles. The number of hydrogen-bond acceptors (Lipinski definition) is 6. The van der Waals surface area contributed by atoms with Crippen molar-refractivity contribution >= 4 is 50.9 Å². The van der Waals surface area contributed by atoms with Crippen molar-refractivity contribution in [2.45, 2.75) is 25.7 Å². The summed E-state index contributed by atoms with van der Waals surface area (Å²) in [6.07, 6.45) is 2.61. The Morgan fingerprint density at radius 2 is 1.56 bits per heavy atom. The van der Waals surface area contributed by atoms with Crippen LogP contribution >= 0.6 is 15.9 Å². The Morgan fingerprint density at radius 1 is 0.860 bits per heavy atom. The summed E-state index contributed by atoms with van der Waals surface area (Å²) < 4.78 is 6.11. The second-order valence-electron chi connectivity index (χ2n) is 11.9. The number of ether oxygens (including phenoxy) is 1. The summed E-state index contributed by atoms with van der Waals surface area (Å²) in [4.78, 5) is 59.0. The van der Waals surface area contributed by atoms with Crippen molar-refractivity contribution in [1.29, 1.82) is 0 Å². The predicted octanol–water partition coefficient (Wildman–Crippen LogP) is 5.60. The number of para-hydroxylation sites is 1. The molecule has 0 radical (unpaired) electrons. The first-order valence-electron chi connectivity index (χ1n) is 14.3. The maximum Gasteiger partial charge on any atom is 0.241 e. The quantitative estimate of drug-likeness (QED) is 0.294. The number of benzene rings is 3. The standard InChI is InChI=1S/C34H29BrN2O6/c1-34-25(31(40)37(33(34)42)20-6-4-3-5-7-20)17-24-22(29(34)18-8-15-27(43-2)26(38)16-18)13-14-23-28(24)32(41)36(30(23)39)21-11-9-19(35)10-12-21/h3-13,15-16,23-25,28-29,38H,14,17H2,1-2H3. The van der Waals surface area contributed by atoms with Crippen LogP contribution in [0.15, 0.2) is 88.9 Å². The van der Waals surface area contributed by atoms with Gasteiger partial charge < -0.3 is 9.84 Å².